The summed E-state index contributed by atoms with van der Waals surface area (Å²) in [4.78, 5) is 19.0. The summed E-state index contributed by atoms with van der Waals surface area (Å²) in [6.07, 6.45) is -0.181. The van der Waals surface area contributed by atoms with Crippen LogP contribution in [0, 0.1) is 0 Å². The van der Waals surface area contributed by atoms with Gasteiger partial charge in [0.2, 0.25) is 0 Å². The summed E-state index contributed by atoms with van der Waals surface area (Å²) in [7, 11) is 0. The van der Waals surface area contributed by atoms with E-state index in [0.29, 0.717) is 12.2 Å². The maximum atomic E-state index is 12.8. The first kappa shape index (κ1) is 20.0. The monoisotopic (exact) mass is 421 g/mol. The van der Waals surface area contributed by atoms with Crippen molar-refractivity contribution < 1.29 is 14.4 Å². The van der Waals surface area contributed by atoms with E-state index >= 15 is 0 Å². The van der Waals surface area contributed by atoms with Crippen molar-refractivity contribution in [2.45, 2.75) is 18.6 Å². The number of hydrogen-bond acceptors (Lipinski definition) is 4. The summed E-state index contributed by atoms with van der Waals surface area (Å²) in [5.74, 6) is 0.128. The Morgan fingerprint density at radius 3 is 1.94 bits per heavy atom. The third kappa shape index (κ3) is 4.27. The van der Waals surface area contributed by atoms with Crippen LogP contribution in [0.2, 0.25) is 0 Å². The van der Waals surface area contributed by atoms with Gasteiger partial charge in [-0.1, -0.05) is 91.0 Å². The zero-order chi connectivity index (χ0) is 21.8. The summed E-state index contributed by atoms with van der Waals surface area (Å²) in [6, 6.07) is 37.6. The normalized spacial score (nSPS) is 17.8. The van der Waals surface area contributed by atoms with Crippen LogP contribution in [0.1, 0.15) is 18.0 Å². The topological polar surface area (TPSA) is 38.8 Å². The fourth-order valence-electron chi connectivity index (χ4n) is 3.98. The molecule has 4 aromatic rings. The van der Waals surface area contributed by atoms with Crippen molar-refractivity contribution in [3.63, 3.8) is 0 Å². The SMILES string of the molecule is O=C(Oc1ccccc1)C1CC(c2ccc(-c3ccccc3)cc2)N(c2ccccc2)O1. The van der Waals surface area contributed by atoms with Crippen LogP contribution in [0.5, 0.6) is 5.75 Å². The summed E-state index contributed by atoms with van der Waals surface area (Å²) < 4.78 is 5.55. The molecule has 0 aliphatic carbocycles. The van der Waals surface area contributed by atoms with E-state index in [1.807, 2.05) is 71.8 Å². The molecule has 1 aliphatic rings. The van der Waals surface area contributed by atoms with E-state index in [4.69, 9.17) is 9.57 Å². The highest BCUT2D eigenvalue weighted by Gasteiger charge is 2.40. The van der Waals surface area contributed by atoms with Gasteiger partial charge < -0.3 is 4.74 Å². The molecule has 0 aromatic heterocycles. The molecule has 158 valence electrons. The number of para-hydroxylation sites is 2. The number of benzene rings is 4. The molecule has 4 aromatic carbocycles. The third-order valence-electron chi connectivity index (χ3n) is 5.60. The highest BCUT2D eigenvalue weighted by atomic mass is 16.7. The van der Waals surface area contributed by atoms with Crippen molar-refractivity contribution in [3.05, 3.63) is 121 Å². The van der Waals surface area contributed by atoms with Crippen molar-refractivity contribution in [2.75, 3.05) is 5.06 Å². The van der Waals surface area contributed by atoms with Gasteiger partial charge in [0.05, 0.1) is 11.7 Å². The quantitative estimate of drug-likeness (QED) is 0.284. The highest BCUT2D eigenvalue weighted by Crippen LogP contribution is 2.39. The number of esters is 1. The van der Waals surface area contributed by atoms with Crippen LogP contribution in [-0.4, -0.2) is 12.1 Å². The molecule has 4 heteroatoms. The van der Waals surface area contributed by atoms with Crippen LogP contribution in [-0.2, 0) is 9.63 Å². The molecule has 32 heavy (non-hydrogen) atoms. The maximum absolute atomic E-state index is 12.8. The van der Waals surface area contributed by atoms with E-state index in [9.17, 15) is 4.79 Å². The van der Waals surface area contributed by atoms with E-state index in [2.05, 4.69) is 36.4 Å². The molecule has 1 aliphatic heterocycles. The lowest BCUT2D eigenvalue weighted by Gasteiger charge is -2.25. The fourth-order valence-corrected chi connectivity index (χ4v) is 3.98. The molecule has 0 saturated carbocycles. The first-order valence-electron chi connectivity index (χ1n) is 10.7. The number of nitrogens with zero attached hydrogens (tertiary/aromatic N) is 1. The van der Waals surface area contributed by atoms with Gasteiger partial charge in [-0.2, -0.15) is 0 Å². The van der Waals surface area contributed by atoms with Gasteiger partial charge in [0.25, 0.3) is 0 Å². The molecule has 5 rings (SSSR count). The summed E-state index contributed by atoms with van der Waals surface area (Å²) in [5.41, 5.74) is 4.31. The van der Waals surface area contributed by atoms with Crippen molar-refractivity contribution in [1.29, 1.82) is 0 Å². The molecule has 0 amide bonds. The number of anilines is 1. The third-order valence-corrected chi connectivity index (χ3v) is 5.60. The summed E-state index contributed by atoms with van der Waals surface area (Å²) in [6.45, 7) is 0. The largest absolute Gasteiger partial charge is 0.425 e. The molecular weight excluding hydrogens is 398 g/mol. The Hall–Kier alpha value is -3.89. The van der Waals surface area contributed by atoms with Crippen LogP contribution in [0.25, 0.3) is 11.1 Å². The smallest absolute Gasteiger partial charge is 0.343 e. The molecule has 2 unspecified atom stereocenters. The zero-order valence-electron chi connectivity index (χ0n) is 17.5. The molecule has 1 saturated heterocycles. The maximum Gasteiger partial charge on any atom is 0.343 e. The van der Waals surface area contributed by atoms with Gasteiger partial charge >= 0.3 is 5.97 Å². The van der Waals surface area contributed by atoms with Crippen molar-refractivity contribution in [1.82, 2.24) is 0 Å². The molecule has 0 radical (unpaired) electrons. The number of hydrogen-bond donors (Lipinski definition) is 0. The van der Waals surface area contributed by atoms with Gasteiger partial charge in [-0.25, -0.2) is 9.86 Å². The standard InChI is InChI=1S/C28H23NO3/c30-28(31-25-14-8-3-9-15-25)27-20-26(29(32-27)24-12-6-2-7-13-24)23-18-16-22(17-19-23)21-10-4-1-5-11-21/h1-19,26-27H,20H2. The fraction of sp³-hybridized carbons (Fsp3) is 0.107. The number of ether oxygens (including phenoxy) is 1. The Kier molecular flexibility index (Phi) is 5.69. The number of carbonyl (C=O) groups excluding carboxylic acids is 1. The van der Waals surface area contributed by atoms with Gasteiger partial charge in [0.15, 0.2) is 6.10 Å². The highest BCUT2D eigenvalue weighted by molar-refractivity contribution is 5.78. The van der Waals surface area contributed by atoms with Crippen molar-refractivity contribution >= 4 is 11.7 Å². The van der Waals surface area contributed by atoms with Gasteiger partial charge in [-0.15, -0.1) is 0 Å². The van der Waals surface area contributed by atoms with Gasteiger partial charge in [-0.3, -0.25) is 4.84 Å². The van der Waals surface area contributed by atoms with E-state index < -0.39 is 6.10 Å². The van der Waals surface area contributed by atoms with Crippen LogP contribution < -0.4 is 9.80 Å². The van der Waals surface area contributed by atoms with Gasteiger partial charge in [0.1, 0.15) is 5.75 Å². The van der Waals surface area contributed by atoms with Crippen LogP contribution in [0.3, 0.4) is 0 Å². The summed E-state index contributed by atoms with van der Waals surface area (Å²) >= 11 is 0. The second-order valence-corrected chi connectivity index (χ2v) is 7.73. The lowest BCUT2D eigenvalue weighted by atomic mass is 9.97. The second kappa shape index (κ2) is 9.08. The zero-order valence-corrected chi connectivity index (χ0v) is 17.5. The molecule has 0 N–H and O–H groups in total. The Bertz CT molecular complexity index is 1160. The predicted octanol–water partition coefficient (Wildman–Crippen LogP) is 6.21. The van der Waals surface area contributed by atoms with E-state index in [1.54, 1.807) is 12.1 Å². The van der Waals surface area contributed by atoms with Gasteiger partial charge in [-0.05, 0) is 41.0 Å². The van der Waals surface area contributed by atoms with Crippen LogP contribution in [0.15, 0.2) is 115 Å². The molecule has 1 heterocycles. The summed E-state index contributed by atoms with van der Waals surface area (Å²) in [5, 5.41) is 1.83. The van der Waals surface area contributed by atoms with Crippen molar-refractivity contribution in [2.24, 2.45) is 0 Å². The second-order valence-electron chi connectivity index (χ2n) is 7.73. The minimum Gasteiger partial charge on any atom is -0.425 e. The predicted molar refractivity (Wildman–Crippen MR) is 125 cm³/mol. The molecule has 4 nitrogen and oxygen atoms in total. The Labute approximate surface area is 187 Å². The minimum absolute atomic E-state index is 0.101. The lowest BCUT2D eigenvalue weighted by molar-refractivity contribution is -0.145. The van der Waals surface area contributed by atoms with Crippen LogP contribution in [0.4, 0.5) is 5.69 Å². The molecule has 2 atom stereocenters. The number of carbonyl (C=O) groups is 1. The average Bonchev–Trinajstić information content (AvgIpc) is 3.32. The first-order chi connectivity index (χ1) is 15.8. The lowest BCUT2D eigenvalue weighted by Crippen LogP contribution is -2.28. The number of rotatable bonds is 5. The minimum atomic E-state index is -0.686. The molecule has 1 fully saturated rings. The molecular formula is C28H23NO3. The molecule has 0 bridgehead atoms. The Balaban J connectivity index is 1.40. The van der Waals surface area contributed by atoms with E-state index in [0.717, 1.165) is 16.8 Å². The van der Waals surface area contributed by atoms with Crippen LogP contribution >= 0.6 is 0 Å². The van der Waals surface area contributed by atoms with E-state index in [-0.39, 0.29) is 12.0 Å². The Morgan fingerprint density at radius 1 is 0.719 bits per heavy atom. The Morgan fingerprint density at radius 2 is 1.28 bits per heavy atom. The first-order valence-corrected chi connectivity index (χ1v) is 10.7. The van der Waals surface area contributed by atoms with Gasteiger partial charge in [0, 0.05) is 6.42 Å². The average molecular weight is 421 g/mol. The molecule has 0 spiro atoms. The number of hydroxylamine groups is 1. The van der Waals surface area contributed by atoms with E-state index in [1.165, 1.54) is 5.56 Å². The van der Waals surface area contributed by atoms with Crippen molar-refractivity contribution in [3.8, 4) is 16.9 Å².